The molecule has 1 atom stereocenters. The molecular formula is C18H19ClN2O2. The summed E-state index contributed by atoms with van der Waals surface area (Å²) < 4.78 is 0. The van der Waals surface area contributed by atoms with Crippen LogP contribution in [0.2, 0.25) is 5.02 Å². The molecule has 0 aromatic heterocycles. The summed E-state index contributed by atoms with van der Waals surface area (Å²) in [4.78, 5) is 14.3. The maximum absolute atomic E-state index is 12.1. The molecule has 0 bridgehead atoms. The Hall–Kier alpha value is -2.04. The highest BCUT2D eigenvalue weighted by molar-refractivity contribution is 6.33. The Labute approximate surface area is 140 Å². The van der Waals surface area contributed by atoms with Gasteiger partial charge in [0.2, 0.25) is 0 Å². The van der Waals surface area contributed by atoms with Crippen molar-refractivity contribution < 1.29 is 9.90 Å². The van der Waals surface area contributed by atoms with Crippen LogP contribution in [0, 0.1) is 0 Å². The van der Waals surface area contributed by atoms with E-state index in [-0.39, 0.29) is 12.5 Å². The molecule has 5 heteroatoms. The topological polar surface area (TPSA) is 52.6 Å². The summed E-state index contributed by atoms with van der Waals surface area (Å²) in [7, 11) is 2.06. The predicted molar refractivity (Wildman–Crippen MR) is 92.2 cm³/mol. The SMILES string of the molecule is CN1CCc2cc(C(O)CNC(=O)c3ccccc3Cl)ccc21. The summed E-state index contributed by atoms with van der Waals surface area (Å²) in [6.45, 7) is 1.15. The molecule has 2 N–H and O–H groups in total. The molecule has 1 unspecified atom stereocenters. The van der Waals surface area contributed by atoms with Gasteiger partial charge in [-0.3, -0.25) is 4.79 Å². The van der Waals surface area contributed by atoms with Crippen LogP contribution in [0.1, 0.15) is 27.6 Å². The predicted octanol–water partition coefficient (Wildman–Crippen LogP) is 2.80. The fourth-order valence-electron chi connectivity index (χ4n) is 2.84. The summed E-state index contributed by atoms with van der Waals surface area (Å²) in [5.74, 6) is -0.282. The smallest absolute Gasteiger partial charge is 0.252 e. The number of aliphatic hydroxyl groups excluding tert-OH is 1. The third-order valence-corrected chi connectivity index (χ3v) is 4.52. The van der Waals surface area contributed by atoms with Gasteiger partial charge in [-0.1, -0.05) is 35.9 Å². The molecule has 0 saturated carbocycles. The minimum absolute atomic E-state index is 0.151. The van der Waals surface area contributed by atoms with Crippen LogP contribution in [0.25, 0.3) is 0 Å². The average molecular weight is 331 g/mol. The number of carbonyl (C=O) groups excluding carboxylic acids is 1. The van der Waals surface area contributed by atoms with Crippen LogP contribution < -0.4 is 10.2 Å². The highest BCUT2D eigenvalue weighted by Gasteiger charge is 2.18. The summed E-state index contributed by atoms with van der Waals surface area (Å²) in [5, 5.41) is 13.5. The molecule has 1 aliphatic heterocycles. The zero-order valence-corrected chi connectivity index (χ0v) is 13.7. The molecule has 2 aromatic carbocycles. The standard InChI is InChI=1S/C18H19ClN2O2/c1-21-9-8-12-10-13(6-7-16(12)21)17(22)11-20-18(23)14-4-2-3-5-15(14)19/h2-7,10,17,22H,8-9,11H2,1H3,(H,20,23). The van der Waals surface area contributed by atoms with Gasteiger partial charge in [0, 0.05) is 25.8 Å². The average Bonchev–Trinajstić information content (AvgIpc) is 2.93. The highest BCUT2D eigenvalue weighted by atomic mass is 35.5. The van der Waals surface area contributed by atoms with Gasteiger partial charge in [0.15, 0.2) is 0 Å². The van der Waals surface area contributed by atoms with Crippen LogP contribution in [-0.4, -0.2) is 31.2 Å². The number of anilines is 1. The first-order valence-electron chi connectivity index (χ1n) is 7.61. The lowest BCUT2D eigenvalue weighted by Gasteiger charge is -2.15. The molecule has 23 heavy (non-hydrogen) atoms. The number of hydrogen-bond donors (Lipinski definition) is 2. The van der Waals surface area contributed by atoms with E-state index >= 15 is 0 Å². The minimum atomic E-state index is -0.738. The number of carbonyl (C=O) groups is 1. The number of aliphatic hydroxyl groups is 1. The molecule has 120 valence electrons. The lowest BCUT2D eigenvalue weighted by atomic mass is 10.0. The Morgan fingerprint density at radius 1 is 1.35 bits per heavy atom. The fraction of sp³-hybridized carbons (Fsp3) is 0.278. The van der Waals surface area contributed by atoms with Crippen molar-refractivity contribution in [3.05, 3.63) is 64.2 Å². The number of likely N-dealkylation sites (N-methyl/N-ethyl adjacent to an activating group) is 1. The Balaban J connectivity index is 1.65. The second-order valence-corrected chi connectivity index (χ2v) is 6.17. The van der Waals surface area contributed by atoms with Crippen molar-refractivity contribution in [1.29, 1.82) is 0 Å². The molecule has 1 heterocycles. The molecular weight excluding hydrogens is 312 g/mol. The number of nitrogens with one attached hydrogen (secondary N) is 1. The molecule has 0 fully saturated rings. The van der Waals surface area contributed by atoms with Gasteiger partial charge in [0.05, 0.1) is 16.7 Å². The first-order chi connectivity index (χ1) is 11.1. The largest absolute Gasteiger partial charge is 0.387 e. The highest BCUT2D eigenvalue weighted by Crippen LogP contribution is 2.29. The van der Waals surface area contributed by atoms with Crippen LogP contribution in [0.4, 0.5) is 5.69 Å². The van der Waals surface area contributed by atoms with E-state index < -0.39 is 6.10 Å². The number of benzene rings is 2. The normalized spacial score (nSPS) is 14.5. The Kier molecular flexibility index (Phi) is 4.55. The van der Waals surface area contributed by atoms with E-state index in [2.05, 4.69) is 17.3 Å². The van der Waals surface area contributed by atoms with Crippen molar-refractivity contribution in [2.45, 2.75) is 12.5 Å². The lowest BCUT2D eigenvalue weighted by molar-refractivity contribution is 0.0916. The van der Waals surface area contributed by atoms with Gasteiger partial charge < -0.3 is 15.3 Å². The lowest BCUT2D eigenvalue weighted by Crippen LogP contribution is -2.28. The van der Waals surface area contributed by atoms with Crippen LogP contribution in [-0.2, 0) is 6.42 Å². The first-order valence-corrected chi connectivity index (χ1v) is 7.99. The first kappa shape index (κ1) is 15.8. The second-order valence-electron chi connectivity index (χ2n) is 5.77. The van der Waals surface area contributed by atoms with E-state index in [4.69, 9.17) is 11.6 Å². The molecule has 0 saturated heterocycles. The maximum Gasteiger partial charge on any atom is 0.252 e. The number of amides is 1. The van der Waals surface area contributed by atoms with E-state index in [1.54, 1.807) is 24.3 Å². The second kappa shape index (κ2) is 6.60. The van der Waals surface area contributed by atoms with Crippen LogP contribution in [0.3, 0.4) is 0 Å². The van der Waals surface area contributed by atoms with E-state index in [0.717, 1.165) is 18.5 Å². The number of fused-ring (bicyclic) bond motifs is 1. The molecule has 0 radical (unpaired) electrons. The Morgan fingerprint density at radius 2 is 2.13 bits per heavy atom. The summed E-state index contributed by atoms with van der Waals surface area (Å²) in [6, 6.07) is 12.8. The van der Waals surface area contributed by atoms with Crippen LogP contribution in [0.5, 0.6) is 0 Å². The quantitative estimate of drug-likeness (QED) is 0.906. The van der Waals surface area contributed by atoms with Crippen molar-refractivity contribution in [1.82, 2.24) is 5.32 Å². The van der Waals surface area contributed by atoms with Gasteiger partial charge in [-0.05, 0) is 35.7 Å². The van der Waals surface area contributed by atoms with Crippen LogP contribution >= 0.6 is 11.6 Å². The summed E-state index contributed by atoms with van der Waals surface area (Å²) >= 11 is 6.00. The molecule has 1 aliphatic rings. The molecule has 3 rings (SSSR count). The van der Waals surface area contributed by atoms with Crippen molar-refractivity contribution in [3.63, 3.8) is 0 Å². The van der Waals surface area contributed by atoms with Crippen molar-refractivity contribution in [3.8, 4) is 0 Å². The maximum atomic E-state index is 12.1. The number of halogens is 1. The summed E-state index contributed by atoms with van der Waals surface area (Å²) in [6.07, 6.45) is 0.246. The molecule has 0 aliphatic carbocycles. The monoisotopic (exact) mass is 330 g/mol. The van der Waals surface area contributed by atoms with Crippen molar-refractivity contribution in [2.75, 3.05) is 25.0 Å². The van der Waals surface area contributed by atoms with Gasteiger partial charge in [0.1, 0.15) is 0 Å². The van der Waals surface area contributed by atoms with Crippen molar-refractivity contribution in [2.24, 2.45) is 0 Å². The number of nitrogens with zero attached hydrogens (tertiary/aromatic N) is 1. The minimum Gasteiger partial charge on any atom is -0.387 e. The molecule has 1 amide bonds. The van der Waals surface area contributed by atoms with Crippen LogP contribution in [0.15, 0.2) is 42.5 Å². The van der Waals surface area contributed by atoms with E-state index in [1.807, 2.05) is 18.2 Å². The summed E-state index contributed by atoms with van der Waals surface area (Å²) in [5.41, 5.74) is 3.68. The zero-order valence-electron chi connectivity index (χ0n) is 12.9. The zero-order chi connectivity index (χ0) is 16.4. The Bertz CT molecular complexity index is 733. The van der Waals surface area contributed by atoms with Gasteiger partial charge >= 0.3 is 0 Å². The third kappa shape index (κ3) is 3.33. The van der Waals surface area contributed by atoms with E-state index in [1.165, 1.54) is 11.3 Å². The van der Waals surface area contributed by atoms with Gasteiger partial charge in [-0.2, -0.15) is 0 Å². The molecule has 0 spiro atoms. The van der Waals surface area contributed by atoms with Gasteiger partial charge in [-0.25, -0.2) is 0 Å². The van der Waals surface area contributed by atoms with Gasteiger partial charge in [0.25, 0.3) is 5.91 Å². The molecule has 4 nitrogen and oxygen atoms in total. The van der Waals surface area contributed by atoms with Gasteiger partial charge in [-0.15, -0.1) is 0 Å². The van der Waals surface area contributed by atoms with Crippen molar-refractivity contribution >= 4 is 23.2 Å². The molecule has 2 aromatic rings. The Morgan fingerprint density at radius 3 is 2.91 bits per heavy atom. The number of hydrogen-bond acceptors (Lipinski definition) is 3. The third-order valence-electron chi connectivity index (χ3n) is 4.19. The fourth-order valence-corrected chi connectivity index (χ4v) is 3.06. The van der Waals surface area contributed by atoms with E-state index in [9.17, 15) is 9.90 Å². The van der Waals surface area contributed by atoms with E-state index in [0.29, 0.717) is 10.6 Å². The number of rotatable bonds is 4.